The zero-order valence-corrected chi connectivity index (χ0v) is 13.4. The number of esters is 1. The number of methoxy groups -OCH3 is 1. The van der Waals surface area contributed by atoms with E-state index in [-0.39, 0.29) is 11.5 Å². The Morgan fingerprint density at radius 2 is 2.09 bits per heavy atom. The third-order valence-electron chi connectivity index (χ3n) is 3.36. The Balaban J connectivity index is 2.29. The van der Waals surface area contributed by atoms with Crippen LogP contribution in [0.25, 0.3) is 5.69 Å². The molecular formula is C16H17ClN2O3. The van der Waals surface area contributed by atoms with Gasteiger partial charge in [0.2, 0.25) is 0 Å². The number of carbonyl (C=O) groups is 1. The SMILES string of the molecule is COC(=O)C(C)(C)Cc1ccn(-c2ccc(Cl)nc2)c(=O)c1. The molecule has 0 aliphatic rings. The van der Waals surface area contributed by atoms with E-state index in [1.165, 1.54) is 23.9 Å². The van der Waals surface area contributed by atoms with Gasteiger partial charge in [-0.2, -0.15) is 0 Å². The minimum atomic E-state index is -0.685. The standard InChI is InChI=1S/C16H17ClN2O3/c1-16(2,15(21)22-3)9-11-6-7-19(14(20)8-11)12-4-5-13(17)18-10-12/h4-8,10H,9H2,1-3H3. The lowest BCUT2D eigenvalue weighted by atomic mass is 9.86. The first-order chi connectivity index (χ1) is 10.3. The van der Waals surface area contributed by atoms with Gasteiger partial charge in [-0.15, -0.1) is 0 Å². The molecule has 0 N–H and O–H groups in total. The van der Waals surface area contributed by atoms with Crippen molar-refractivity contribution in [3.8, 4) is 5.69 Å². The molecule has 0 aliphatic carbocycles. The third kappa shape index (κ3) is 3.54. The van der Waals surface area contributed by atoms with E-state index in [2.05, 4.69) is 4.98 Å². The maximum absolute atomic E-state index is 12.2. The number of hydrogen-bond acceptors (Lipinski definition) is 4. The summed E-state index contributed by atoms with van der Waals surface area (Å²) in [6.07, 6.45) is 3.62. The molecule has 6 heteroatoms. The maximum Gasteiger partial charge on any atom is 0.311 e. The Bertz CT molecular complexity index is 736. The van der Waals surface area contributed by atoms with Crippen LogP contribution in [0, 0.1) is 5.41 Å². The molecule has 0 saturated heterocycles. The van der Waals surface area contributed by atoms with Gasteiger partial charge in [0, 0.05) is 12.3 Å². The molecule has 116 valence electrons. The van der Waals surface area contributed by atoms with Crippen LogP contribution in [0.3, 0.4) is 0 Å². The first-order valence-electron chi connectivity index (χ1n) is 6.75. The van der Waals surface area contributed by atoms with Crippen molar-refractivity contribution in [2.45, 2.75) is 20.3 Å². The fraction of sp³-hybridized carbons (Fsp3) is 0.312. The van der Waals surface area contributed by atoms with Crippen molar-refractivity contribution in [1.82, 2.24) is 9.55 Å². The molecule has 0 bridgehead atoms. The van der Waals surface area contributed by atoms with Crippen LogP contribution < -0.4 is 5.56 Å². The first-order valence-corrected chi connectivity index (χ1v) is 7.13. The lowest BCUT2D eigenvalue weighted by Gasteiger charge is -2.21. The van der Waals surface area contributed by atoms with Crippen LogP contribution in [0.15, 0.2) is 41.5 Å². The number of pyridine rings is 2. The van der Waals surface area contributed by atoms with E-state index in [9.17, 15) is 9.59 Å². The van der Waals surface area contributed by atoms with Gasteiger partial charge in [-0.1, -0.05) is 11.6 Å². The summed E-state index contributed by atoms with van der Waals surface area (Å²) in [5.74, 6) is -0.307. The molecule has 0 radical (unpaired) electrons. The fourth-order valence-corrected chi connectivity index (χ4v) is 2.32. The molecule has 0 unspecified atom stereocenters. The molecule has 2 rings (SSSR count). The number of ether oxygens (including phenoxy) is 1. The van der Waals surface area contributed by atoms with Gasteiger partial charge in [0.05, 0.1) is 24.4 Å². The number of halogens is 1. The number of hydrogen-bond donors (Lipinski definition) is 0. The molecule has 0 fully saturated rings. The van der Waals surface area contributed by atoms with Crippen molar-refractivity contribution >= 4 is 17.6 Å². The van der Waals surface area contributed by atoms with Gasteiger partial charge in [-0.3, -0.25) is 14.2 Å². The molecule has 0 aromatic carbocycles. The summed E-state index contributed by atoms with van der Waals surface area (Å²) in [5, 5.41) is 0.369. The van der Waals surface area contributed by atoms with Gasteiger partial charge in [-0.05, 0) is 44.0 Å². The Morgan fingerprint density at radius 1 is 1.36 bits per heavy atom. The van der Waals surface area contributed by atoms with Crippen LogP contribution in [0.2, 0.25) is 5.15 Å². The molecule has 2 heterocycles. The summed E-state index contributed by atoms with van der Waals surface area (Å²) in [6.45, 7) is 3.57. The summed E-state index contributed by atoms with van der Waals surface area (Å²) in [5.41, 5.74) is 0.531. The Hall–Kier alpha value is -2.14. The minimum Gasteiger partial charge on any atom is -0.469 e. The van der Waals surface area contributed by atoms with Gasteiger partial charge in [0.1, 0.15) is 5.15 Å². The lowest BCUT2D eigenvalue weighted by Crippen LogP contribution is -2.29. The molecule has 5 nitrogen and oxygen atoms in total. The van der Waals surface area contributed by atoms with E-state index in [4.69, 9.17) is 16.3 Å². The van der Waals surface area contributed by atoms with Crippen LogP contribution in [-0.2, 0) is 16.0 Å². The highest BCUT2D eigenvalue weighted by Gasteiger charge is 2.29. The van der Waals surface area contributed by atoms with Gasteiger partial charge >= 0.3 is 5.97 Å². The van der Waals surface area contributed by atoms with Gasteiger partial charge in [0.15, 0.2) is 0 Å². The lowest BCUT2D eigenvalue weighted by molar-refractivity contribution is -0.150. The molecule has 0 saturated carbocycles. The normalized spacial score (nSPS) is 11.3. The highest BCUT2D eigenvalue weighted by Crippen LogP contribution is 2.22. The third-order valence-corrected chi connectivity index (χ3v) is 3.58. The van der Waals surface area contributed by atoms with Gasteiger partial charge < -0.3 is 4.74 Å². The van der Waals surface area contributed by atoms with Crippen LogP contribution in [0.5, 0.6) is 0 Å². The van der Waals surface area contributed by atoms with Gasteiger partial charge in [-0.25, -0.2) is 4.98 Å². The van der Waals surface area contributed by atoms with Crippen molar-refractivity contribution in [3.05, 3.63) is 57.7 Å². The maximum atomic E-state index is 12.2. The van der Waals surface area contributed by atoms with E-state index < -0.39 is 5.41 Å². The molecule has 0 atom stereocenters. The molecule has 0 amide bonds. The Morgan fingerprint density at radius 3 is 2.64 bits per heavy atom. The second kappa shape index (κ2) is 6.32. The summed E-state index contributed by atoms with van der Waals surface area (Å²) in [6, 6.07) is 6.66. The predicted octanol–water partition coefficient (Wildman–Crippen LogP) is 2.63. The quantitative estimate of drug-likeness (QED) is 0.642. The average molecular weight is 321 g/mol. The number of aromatic nitrogens is 2. The summed E-state index contributed by atoms with van der Waals surface area (Å²) >= 11 is 5.74. The molecule has 2 aromatic heterocycles. The van der Waals surface area contributed by atoms with Crippen molar-refractivity contribution in [1.29, 1.82) is 0 Å². The summed E-state index contributed by atoms with van der Waals surface area (Å²) in [7, 11) is 1.36. The average Bonchev–Trinajstić information content (AvgIpc) is 2.47. The van der Waals surface area contributed by atoms with Crippen LogP contribution in [0.1, 0.15) is 19.4 Å². The van der Waals surface area contributed by atoms with Crippen molar-refractivity contribution in [2.24, 2.45) is 5.41 Å². The van der Waals surface area contributed by atoms with E-state index >= 15 is 0 Å². The van der Waals surface area contributed by atoms with E-state index in [0.29, 0.717) is 17.3 Å². The Kier molecular flexibility index (Phi) is 4.66. The second-order valence-corrected chi connectivity index (χ2v) is 6.02. The predicted molar refractivity (Wildman–Crippen MR) is 84.3 cm³/mol. The van der Waals surface area contributed by atoms with Crippen molar-refractivity contribution in [2.75, 3.05) is 7.11 Å². The summed E-state index contributed by atoms with van der Waals surface area (Å²) < 4.78 is 6.25. The molecule has 0 aliphatic heterocycles. The molecule has 0 spiro atoms. The largest absolute Gasteiger partial charge is 0.469 e. The topological polar surface area (TPSA) is 61.2 Å². The monoisotopic (exact) mass is 320 g/mol. The first kappa shape index (κ1) is 16.2. The molecule has 22 heavy (non-hydrogen) atoms. The highest BCUT2D eigenvalue weighted by atomic mass is 35.5. The zero-order valence-electron chi connectivity index (χ0n) is 12.7. The fourth-order valence-electron chi connectivity index (χ4n) is 2.21. The molecule has 2 aromatic rings. The van der Waals surface area contributed by atoms with Crippen LogP contribution >= 0.6 is 11.6 Å². The highest BCUT2D eigenvalue weighted by molar-refractivity contribution is 6.29. The zero-order chi connectivity index (χ0) is 16.3. The number of nitrogens with zero attached hydrogens (tertiary/aromatic N) is 2. The molecular weight excluding hydrogens is 304 g/mol. The smallest absolute Gasteiger partial charge is 0.311 e. The van der Waals surface area contributed by atoms with E-state index in [1.807, 2.05) is 0 Å². The van der Waals surface area contributed by atoms with Crippen LogP contribution in [-0.4, -0.2) is 22.6 Å². The number of carbonyl (C=O) groups excluding carboxylic acids is 1. The summed E-state index contributed by atoms with van der Waals surface area (Å²) in [4.78, 5) is 27.9. The second-order valence-electron chi connectivity index (χ2n) is 5.63. The van der Waals surface area contributed by atoms with Gasteiger partial charge in [0.25, 0.3) is 5.56 Å². The van der Waals surface area contributed by atoms with Crippen molar-refractivity contribution < 1.29 is 9.53 Å². The van der Waals surface area contributed by atoms with Crippen molar-refractivity contribution in [3.63, 3.8) is 0 Å². The van der Waals surface area contributed by atoms with Crippen LogP contribution in [0.4, 0.5) is 0 Å². The number of rotatable bonds is 4. The minimum absolute atomic E-state index is 0.192. The van der Waals surface area contributed by atoms with E-state index in [1.54, 1.807) is 38.2 Å². The Labute approximate surface area is 133 Å². The van der Waals surface area contributed by atoms with E-state index in [0.717, 1.165) is 5.56 Å².